The highest BCUT2D eigenvalue weighted by Gasteiger charge is 2.15. The lowest BCUT2D eigenvalue weighted by Gasteiger charge is -2.18. The van der Waals surface area contributed by atoms with Crippen LogP contribution in [0.15, 0.2) is 128 Å². The number of imidazole rings is 1. The summed E-state index contributed by atoms with van der Waals surface area (Å²) in [5.74, 6) is 0.484. The van der Waals surface area contributed by atoms with Crippen molar-refractivity contribution in [2.75, 3.05) is 0 Å². The fourth-order valence-electron chi connectivity index (χ4n) is 4.29. The molecule has 0 amide bonds. The average molecular weight is 527 g/mol. The maximum absolute atomic E-state index is 6.02. The Morgan fingerprint density at radius 3 is 1.56 bits per heavy atom. The van der Waals surface area contributed by atoms with Gasteiger partial charge in [0.05, 0.1) is 15.8 Å². The second kappa shape index (κ2) is 13.3. The molecule has 0 aliphatic carbocycles. The minimum Gasteiger partial charge on any atom is -0.341 e. The van der Waals surface area contributed by atoms with Crippen LogP contribution in [0.4, 0.5) is 0 Å². The van der Waals surface area contributed by atoms with E-state index in [0.29, 0.717) is 11.4 Å². The first-order valence-corrected chi connectivity index (χ1v) is 14.7. The number of hydrogen-bond acceptors (Lipinski definition) is 1. The Kier molecular flexibility index (Phi) is 9.62. The fraction of sp³-hybridized carbons (Fsp3) is 0.100. The highest BCUT2D eigenvalue weighted by molar-refractivity contribution is 6.37. The van der Waals surface area contributed by atoms with Gasteiger partial charge in [-0.15, -0.1) is 0 Å². The zero-order valence-electron chi connectivity index (χ0n) is 20.3. The van der Waals surface area contributed by atoms with Gasteiger partial charge in [0, 0.05) is 28.6 Å². The van der Waals surface area contributed by atoms with Gasteiger partial charge in [-0.2, -0.15) is 0 Å². The zero-order valence-corrected chi connectivity index (χ0v) is 23.3. The second-order valence-electron chi connectivity index (χ2n) is 8.79. The van der Waals surface area contributed by atoms with Crippen LogP contribution in [0.25, 0.3) is 0 Å². The van der Waals surface area contributed by atoms with Crippen molar-refractivity contribution in [3.8, 4) is 0 Å². The van der Waals surface area contributed by atoms with Crippen LogP contribution in [0.5, 0.6) is 0 Å². The van der Waals surface area contributed by atoms with Crippen molar-refractivity contribution in [1.82, 2.24) is 9.55 Å². The molecule has 0 spiro atoms. The van der Waals surface area contributed by atoms with Gasteiger partial charge in [0.1, 0.15) is 7.85 Å². The smallest absolute Gasteiger partial charge is 0.116 e. The van der Waals surface area contributed by atoms with Crippen LogP contribution in [0.2, 0.25) is 10.0 Å². The molecule has 0 bridgehead atoms. The van der Waals surface area contributed by atoms with Gasteiger partial charge < -0.3 is 4.57 Å². The Morgan fingerprint density at radius 2 is 1.14 bits per heavy atom. The molecule has 0 radical (unpaired) electrons. The van der Waals surface area contributed by atoms with E-state index in [9.17, 15) is 0 Å². The Morgan fingerprint density at radius 1 is 0.667 bits per heavy atom. The zero-order chi connectivity index (χ0) is 25.2. The Hall–Kier alpha value is -3.05. The van der Waals surface area contributed by atoms with Gasteiger partial charge in [-0.3, -0.25) is 0 Å². The average Bonchev–Trinajstić information content (AvgIpc) is 3.45. The van der Waals surface area contributed by atoms with E-state index in [0.717, 1.165) is 16.2 Å². The van der Waals surface area contributed by atoms with E-state index in [4.69, 9.17) is 23.2 Å². The first kappa shape index (κ1) is 26.0. The second-order valence-corrected chi connectivity index (χ2v) is 11.5. The molecule has 0 atom stereocenters. The van der Waals surface area contributed by atoms with Gasteiger partial charge in [-0.25, -0.2) is 4.98 Å². The first-order chi connectivity index (χ1) is 17.6. The van der Waals surface area contributed by atoms with Crippen LogP contribution in [-0.2, 0) is 6.17 Å². The van der Waals surface area contributed by atoms with Crippen LogP contribution in [0.1, 0.15) is 33.6 Å². The van der Waals surface area contributed by atoms with E-state index < -0.39 is 9.52 Å². The van der Waals surface area contributed by atoms with Crippen LogP contribution in [0.3, 0.4) is 0 Å². The highest BCUT2D eigenvalue weighted by Crippen LogP contribution is 2.26. The van der Waals surface area contributed by atoms with Gasteiger partial charge in [-0.1, -0.05) is 108 Å². The van der Waals surface area contributed by atoms with E-state index in [-0.39, 0.29) is 0 Å². The summed E-state index contributed by atoms with van der Waals surface area (Å²) in [6, 6.07) is 37.6. The summed E-state index contributed by atoms with van der Waals surface area (Å²) in [4.78, 5) is 4.12. The molecule has 5 rings (SSSR count). The predicted molar refractivity (Wildman–Crippen MR) is 159 cm³/mol. The lowest BCUT2D eigenvalue weighted by atomic mass is 9.76. The van der Waals surface area contributed by atoms with Crippen LogP contribution < -0.4 is 0 Å². The standard InChI is InChI=1S/C17H16Cl2N2Si.C13H13B/c18-15-5-1-13(2-6-15)17(14-3-7-16(19)8-4-14)22-12-21-10-9-20-11-21;14-13(11-7-3-1-4-8-11)12-9-5-2-6-10-12/h1-11,17H,12,22H2;1-10,13H,14H2. The molecule has 180 valence electrons. The molecule has 6 heteroatoms. The molecular weight excluding hydrogens is 498 g/mol. The number of aromatic nitrogens is 2. The largest absolute Gasteiger partial charge is 0.341 e. The predicted octanol–water partition coefficient (Wildman–Crippen LogP) is 6.51. The summed E-state index contributed by atoms with van der Waals surface area (Å²) in [5.41, 5.74) is 5.83. The highest BCUT2D eigenvalue weighted by atomic mass is 35.5. The van der Waals surface area contributed by atoms with Crippen molar-refractivity contribution in [2.45, 2.75) is 17.5 Å². The van der Waals surface area contributed by atoms with E-state index >= 15 is 0 Å². The van der Waals surface area contributed by atoms with Gasteiger partial charge in [0.25, 0.3) is 0 Å². The van der Waals surface area contributed by atoms with Crippen molar-refractivity contribution >= 4 is 40.6 Å². The quantitative estimate of drug-likeness (QED) is 0.221. The summed E-state index contributed by atoms with van der Waals surface area (Å²) in [7, 11) is 1.81. The number of halogens is 2. The maximum atomic E-state index is 6.02. The Bertz CT molecular complexity index is 1210. The molecular formula is C30H29BCl2N2Si. The lowest BCUT2D eigenvalue weighted by molar-refractivity contribution is 0.858. The monoisotopic (exact) mass is 526 g/mol. The molecule has 1 heterocycles. The molecule has 0 fully saturated rings. The molecule has 0 N–H and O–H groups in total. The number of hydrogen-bond donors (Lipinski definition) is 0. The Balaban J connectivity index is 0.000000187. The molecule has 0 saturated carbocycles. The van der Waals surface area contributed by atoms with Gasteiger partial charge in [0.15, 0.2) is 0 Å². The number of benzene rings is 4. The SMILES string of the molecule is BC(c1ccccc1)c1ccccc1.Clc1ccc(C([SiH2]Cn2ccnc2)c2ccc(Cl)cc2)cc1. The fourth-order valence-corrected chi connectivity index (χ4v) is 6.57. The first-order valence-electron chi connectivity index (χ1n) is 12.2. The minimum absolute atomic E-state index is 0.428. The van der Waals surface area contributed by atoms with Gasteiger partial charge in [0.2, 0.25) is 0 Å². The van der Waals surface area contributed by atoms with Gasteiger partial charge >= 0.3 is 0 Å². The number of nitrogens with zero attached hydrogens (tertiary/aromatic N) is 2. The molecule has 2 nitrogen and oxygen atoms in total. The third-order valence-electron chi connectivity index (χ3n) is 6.38. The van der Waals surface area contributed by atoms with E-state index in [1.165, 1.54) is 22.3 Å². The number of rotatable bonds is 7. The van der Waals surface area contributed by atoms with Crippen LogP contribution >= 0.6 is 23.2 Å². The molecule has 1 aromatic heterocycles. The molecule has 4 aromatic carbocycles. The summed E-state index contributed by atoms with van der Waals surface area (Å²) < 4.78 is 2.16. The van der Waals surface area contributed by atoms with Crippen molar-refractivity contribution in [2.24, 2.45) is 0 Å². The van der Waals surface area contributed by atoms with E-state index in [1.54, 1.807) is 0 Å². The molecule has 0 unspecified atom stereocenters. The minimum atomic E-state index is -0.428. The Labute approximate surface area is 227 Å². The summed E-state index contributed by atoms with van der Waals surface area (Å²) in [5, 5.41) is 1.55. The van der Waals surface area contributed by atoms with Crippen molar-refractivity contribution in [3.63, 3.8) is 0 Å². The summed E-state index contributed by atoms with van der Waals surface area (Å²) in [6.07, 6.45) is 6.78. The third kappa shape index (κ3) is 7.47. The topological polar surface area (TPSA) is 17.8 Å². The third-order valence-corrected chi connectivity index (χ3v) is 9.18. The molecule has 36 heavy (non-hydrogen) atoms. The summed E-state index contributed by atoms with van der Waals surface area (Å²) >= 11 is 12.0. The van der Waals surface area contributed by atoms with Crippen LogP contribution in [0, 0.1) is 0 Å². The molecule has 5 aromatic rings. The lowest BCUT2D eigenvalue weighted by Crippen LogP contribution is -2.15. The maximum Gasteiger partial charge on any atom is 0.116 e. The van der Waals surface area contributed by atoms with Crippen molar-refractivity contribution in [3.05, 3.63) is 160 Å². The molecule has 0 saturated heterocycles. The van der Waals surface area contributed by atoms with Crippen molar-refractivity contribution in [1.29, 1.82) is 0 Å². The van der Waals surface area contributed by atoms with Gasteiger partial charge in [-0.05, 0) is 57.9 Å². The van der Waals surface area contributed by atoms with E-state index in [2.05, 4.69) is 102 Å². The van der Waals surface area contributed by atoms with E-state index in [1.807, 2.05) is 43.0 Å². The molecule has 0 aliphatic rings. The summed E-state index contributed by atoms with van der Waals surface area (Å²) in [6.45, 7) is 0. The van der Waals surface area contributed by atoms with Crippen LogP contribution in [-0.4, -0.2) is 26.9 Å². The normalized spacial score (nSPS) is 11.1. The van der Waals surface area contributed by atoms with Crippen molar-refractivity contribution < 1.29 is 0 Å². The molecule has 0 aliphatic heterocycles.